The Morgan fingerprint density at radius 2 is 1.35 bits per heavy atom. The van der Waals surface area contributed by atoms with Crippen LogP contribution >= 0.6 is 0 Å². The van der Waals surface area contributed by atoms with E-state index in [1.807, 2.05) is 49.4 Å². The summed E-state index contributed by atoms with van der Waals surface area (Å²) in [6, 6.07) is 17.8. The molecule has 0 aliphatic carbocycles. The lowest BCUT2D eigenvalue weighted by Gasteiger charge is -2.23. The van der Waals surface area contributed by atoms with Crippen LogP contribution in [0.3, 0.4) is 0 Å². The van der Waals surface area contributed by atoms with Gasteiger partial charge in [0.05, 0.1) is 17.2 Å². The Hall–Kier alpha value is -2.99. The minimum atomic E-state index is -3.80. The molecule has 0 bridgehead atoms. The predicted molar refractivity (Wildman–Crippen MR) is 170 cm³/mol. The molecule has 40 heavy (non-hydrogen) atoms. The highest BCUT2D eigenvalue weighted by molar-refractivity contribution is 7.92. The third-order valence-electron chi connectivity index (χ3n) is 7.23. The van der Waals surface area contributed by atoms with Gasteiger partial charge < -0.3 is 10.1 Å². The van der Waals surface area contributed by atoms with Crippen molar-refractivity contribution in [2.45, 2.75) is 104 Å². The topological polar surface area (TPSA) is 67.4 Å². The summed E-state index contributed by atoms with van der Waals surface area (Å²) >= 11 is 0. The van der Waals surface area contributed by atoms with Crippen LogP contribution in [0.25, 0.3) is 0 Å². The molecule has 5 nitrogen and oxygen atoms in total. The van der Waals surface area contributed by atoms with Gasteiger partial charge in [0.15, 0.2) is 0 Å². The number of sulfonamides is 1. The summed E-state index contributed by atoms with van der Waals surface area (Å²) in [6.45, 7) is 17.4. The lowest BCUT2D eigenvalue weighted by Crippen LogP contribution is -2.19. The van der Waals surface area contributed by atoms with Gasteiger partial charge in [-0.25, -0.2) is 8.42 Å². The van der Waals surface area contributed by atoms with Crippen LogP contribution < -0.4 is 14.8 Å². The Morgan fingerprint density at radius 3 is 1.88 bits per heavy atom. The first-order valence-electron chi connectivity index (χ1n) is 14.7. The van der Waals surface area contributed by atoms with Gasteiger partial charge in [0, 0.05) is 11.4 Å². The Kier molecular flexibility index (Phi) is 11.1. The molecule has 0 aliphatic heterocycles. The Balaban J connectivity index is 1.78. The van der Waals surface area contributed by atoms with E-state index >= 15 is 0 Å². The van der Waals surface area contributed by atoms with Gasteiger partial charge >= 0.3 is 0 Å². The van der Waals surface area contributed by atoms with Crippen LogP contribution in [0.4, 0.5) is 17.1 Å². The first kappa shape index (κ1) is 31.5. The van der Waals surface area contributed by atoms with Gasteiger partial charge in [-0.3, -0.25) is 4.72 Å². The molecular formula is C34H48N2O3S. The number of unbranched alkanes of at least 4 members (excludes halogenated alkanes) is 3. The fourth-order valence-corrected chi connectivity index (χ4v) is 6.60. The second-order valence-corrected chi connectivity index (χ2v) is 13.3. The molecule has 0 aromatic heterocycles. The smallest absolute Gasteiger partial charge is 0.262 e. The van der Waals surface area contributed by atoms with Crippen LogP contribution in [0.5, 0.6) is 5.75 Å². The monoisotopic (exact) mass is 564 g/mol. The predicted octanol–water partition coefficient (Wildman–Crippen LogP) is 9.87. The summed E-state index contributed by atoms with van der Waals surface area (Å²) < 4.78 is 36.5. The molecule has 0 heterocycles. The summed E-state index contributed by atoms with van der Waals surface area (Å²) in [5, 5.41) is 3.41. The van der Waals surface area contributed by atoms with Gasteiger partial charge in [0.25, 0.3) is 10.0 Å². The first-order chi connectivity index (χ1) is 18.9. The van der Waals surface area contributed by atoms with Crippen molar-refractivity contribution in [3.63, 3.8) is 0 Å². The molecule has 6 heteroatoms. The van der Waals surface area contributed by atoms with E-state index in [1.54, 1.807) is 0 Å². The highest BCUT2D eigenvalue weighted by Gasteiger charge is 2.27. The van der Waals surface area contributed by atoms with E-state index < -0.39 is 10.0 Å². The van der Waals surface area contributed by atoms with Gasteiger partial charge in [-0.2, -0.15) is 0 Å². The largest absolute Gasteiger partial charge is 0.494 e. The van der Waals surface area contributed by atoms with Crippen LogP contribution in [-0.2, 0) is 10.0 Å². The molecule has 0 spiro atoms. The molecule has 0 atom stereocenters. The minimum Gasteiger partial charge on any atom is -0.494 e. The van der Waals surface area contributed by atoms with Crippen LogP contribution in [0.15, 0.2) is 59.5 Å². The lowest BCUT2D eigenvalue weighted by molar-refractivity contribution is 0.305. The molecule has 3 rings (SSSR count). The molecule has 0 saturated heterocycles. The number of hydrogen-bond donors (Lipinski definition) is 2. The Labute approximate surface area is 242 Å². The second kappa shape index (κ2) is 14.1. The number of hydrogen-bond acceptors (Lipinski definition) is 4. The number of nitrogens with one attached hydrogen (secondary N) is 2. The third-order valence-corrected chi connectivity index (χ3v) is 8.73. The summed E-state index contributed by atoms with van der Waals surface area (Å²) in [7, 11) is -3.80. The number of ether oxygens (including phenoxy) is 1. The van der Waals surface area contributed by atoms with E-state index in [-0.39, 0.29) is 11.8 Å². The lowest BCUT2D eigenvalue weighted by atomic mass is 9.89. The quantitative estimate of drug-likeness (QED) is 0.191. The molecule has 0 unspecified atom stereocenters. The van der Waals surface area contributed by atoms with Crippen molar-refractivity contribution in [3.8, 4) is 5.75 Å². The second-order valence-electron chi connectivity index (χ2n) is 11.7. The average molecular weight is 565 g/mol. The van der Waals surface area contributed by atoms with Gasteiger partial charge in [-0.15, -0.1) is 0 Å². The van der Waals surface area contributed by atoms with Crippen LogP contribution in [0.1, 0.15) is 114 Å². The molecule has 0 amide bonds. The van der Waals surface area contributed by atoms with E-state index in [4.69, 9.17) is 4.74 Å². The van der Waals surface area contributed by atoms with E-state index in [0.717, 1.165) is 46.8 Å². The maximum Gasteiger partial charge on any atom is 0.262 e. The van der Waals surface area contributed by atoms with Crippen molar-refractivity contribution < 1.29 is 13.2 Å². The van der Waals surface area contributed by atoms with Gasteiger partial charge in [0.1, 0.15) is 5.75 Å². The van der Waals surface area contributed by atoms with Gasteiger partial charge in [-0.05, 0) is 95.8 Å². The molecule has 0 saturated carbocycles. The normalized spacial score (nSPS) is 11.9. The molecule has 3 aromatic rings. The van der Waals surface area contributed by atoms with Crippen molar-refractivity contribution in [3.05, 3.63) is 76.9 Å². The van der Waals surface area contributed by atoms with Crippen LogP contribution in [0.2, 0.25) is 0 Å². The maximum atomic E-state index is 13.9. The Bertz CT molecular complexity index is 1330. The molecule has 218 valence electrons. The molecule has 3 aromatic carbocycles. The van der Waals surface area contributed by atoms with E-state index in [0.29, 0.717) is 16.5 Å². The standard InChI is InChI=1S/C34H48N2O3S/c1-9-10-11-12-19-39-30-16-13-28(14-17-30)35-29-15-18-33(26(8)20-29)36-40(37,38)34-31(24(4)5)21-27(23(2)3)22-32(34)25(6)7/h13-18,20-25,35-36H,9-12,19H2,1-8H3. The van der Waals surface area contributed by atoms with E-state index in [9.17, 15) is 8.42 Å². The molecular weight excluding hydrogens is 516 g/mol. The summed E-state index contributed by atoms with van der Waals surface area (Å²) in [6.07, 6.45) is 4.74. The zero-order valence-electron chi connectivity index (χ0n) is 25.6. The number of aryl methyl sites for hydroxylation is 1. The highest BCUT2D eigenvalue weighted by atomic mass is 32.2. The summed E-state index contributed by atoms with van der Waals surface area (Å²) in [5.74, 6) is 1.34. The van der Waals surface area contributed by atoms with Crippen molar-refractivity contribution in [2.24, 2.45) is 0 Å². The first-order valence-corrected chi connectivity index (χ1v) is 16.2. The van der Waals surface area contributed by atoms with Crippen LogP contribution in [0, 0.1) is 6.92 Å². The van der Waals surface area contributed by atoms with Crippen molar-refractivity contribution in [1.82, 2.24) is 0 Å². The van der Waals surface area contributed by atoms with Crippen molar-refractivity contribution in [1.29, 1.82) is 0 Å². The molecule has 0 fully saturated rings. The Morgan fingerprint density at radius 1 is 0.750 bits per heavy atom. The van der Waals surface area contributed by atoms with Crippen molar-refractivity contribution in [2.75, 3.05) is 16.6 Å². The fraction of sp³-hybridized carbons (Fsp3) is 0.471. The van der Waals surface area contributed by atoms with E-state index in [2.05, 4.69) is 70.6 Å². The summed E-state index contributed by atoms with van der Waals surface area (Å²) in [5.41, 5.74) is 6.16. The molecule has 0 radical (unpaired) electrons. The number of rotatable bonds is 14. The highest BCUT2D eigenvalue weighted by Crippen LogP contribution is 2.36. The van der Waals surface area contributed by atoms with Gasteiger partial charge in [0.2, 0.25) is 0 Å². The maximum absolute atomic E-state index is 13.9. The number of anilines is 3. The van der Waals surface area contributed by atoms with Crippen LogP contribution in [-0.4, -0.2) is 15.0 Å². The molecule has 2 N–H and O–H groups in total. The average Bonchev–Trinajstić information content (AvgIpc) is 2.90. The third kappa shape index (κ3) is 8.26. The van der Waals surface area contributed by atoms with Gasteiger partial charge in [-0.1, -0.05) is 79.9 Å². The zero-order valence-corrected chi connectivity index (χ0v) is 26.4. The van der Waals surface area contributed by atoms with E-state index in [1.165, 1.54) is 24.8 Å². The minimum absolute atomic E-state index is 0.0771. The van der Waals surface area contributed by atoms with Crippen molar-refractivity contribution >= 4 is 27.1 Å². The zero-order chi connectivity index (χ0) is 29.4. The summed E-state index contributed by atoms with van der Waals surface area (Å²) in [4.78, 5) is 0.413. The molecule has 0 aliphatic rings. The SMILES string of the molecule is CCCCCCOc1ccc(Nc2ccc(NS(=O)(=O)c3c(C(C)C)cc(C(C)C)cc3C(C)C)c(C)c2)cc1. The fourth-order valence-electron chi connectivity index (χ4n) is 4.77. The number of benzene rings is 3.